The minimum absolute atomic E-state index is 0.234. The van der Waals surface area contributed by atoms with E-state index >= 15 is 0 Å². The van der Waals surface area contributed by atoms with Crippen molar-refractivity contribution in [1.29, 1.82) is 0 Å². The van der Waals surface area contributed by atoms with E-state index in [1.807, 2.05) is 19.9 Å². The Hall–Kier alpha value is -3.54. The normalized spacial score (nSPS) is 11.2. The summed E-state index contributed by atoms with van der Waals surface area (Å²) < 4.78 is 6.79. The second-order valence-corrected chi connectivity index (χ2v) is 6.36. The molecule has 6 heteroatoms. The molecular formula is C21H19NO5. The van der Waals surface area contributed by atoms with Gasteiger partial charge in [-0.15, -0.1) is 0 Å². The largest absolute Gasteiger partial charge is 0.504 e. The number of ketones is 1. The van der Waals surface area contributed by atoms with Crippen LogP contribution in [0.4, 0.5) is 0 Å². The number of hydrogen-bond acceptors (Lipinski definition) is 5. The Morgan fingerprint density at radius 1 is 1.15 bits per heavy atom. The zero-order chi connectivity index (χ0) is 19.6. The van der Waals surface area contributed by atoms with E-state index in [1.165, 1.54) is 28.9 Å². The fourth-order valence-electron chi connectivity index (χ4n) is 2.63. The van der Waals surface area contributed by atoms with Gasteiger partial charge < -0.3 is 14.6 Å². The van der Waals surface area contributed by atoms with Gasteiger partial charge in [0.2, 0.25) is 0 Å². The van der Waals surface area contributed by atoms with Gasteiger partial charge in [0.05, 0.1) is 11.1 Å². The predicted octanol–water partition coefficient (Wildman–Crippen LogP) is 3.87. The van der Waals surface area contributed by atoms with Gasteiger partial charge in [-0.1, -0.05) is 29.9 Å². The molecule has 0 aliphatic heterocycles. The third-order valence-corrected chi connectivity index (χ3v) is 4.07. The van der Waals surface area contributed by atoms with Crippen LogP contribution in [0.1, 0.15) is 29.8 Å². The van der Waals surface area contributed by atoms with Crippen molar-refractivity contribution >= 4 is 23.0 Å². The highest BCUT2D eigenvalue weighted by Crippen LogP contribution is 2.25. The molecule has 0 unspecified atom stereocenters. The molecule has 27 heavy (non-hydrogen) atoms. The standard InChI is InChI=1S/C21H19NO5/c1-13(2)10-11-22-16-5-3-4-15(20(16)27-21(22)26)17(23)8-6-14-7-9-18(24)19(25)12-14/h3-10,12,24-25H,11H2,1-2H3/b8-6+. The first-order valence-corrected chi connectivity index (χ1v) is 8.37. The van der Waals surface area contributed by atoms with E-state index in [0.717, 1.165) is 5.57 Å². The Labute approximate surface area is 155 Å². The van der Waals surface area contributed by atoms with Crippen LogP contribution in [-0.2, 0) is 6.54 Å². The van der Waals surface area contributed by atoms with Gasteiger partial charge in [0.1, 0.15) is 0 Å². The number of carbonyl (C=O) groups excluding carboxylic acids is 1. The first kappa shape index (κ1) is 18.3. The highest BCUT2D eigenvalue weighted by atomic mass is 16.4. The molecule has 3 aromatic rings. The van der Waals surface area contributed by atoms with Crippen LogP contribution in [0.15, 0.2) is 63.3 Å². The van der Waals surface area contributed by atoms with Crippen LogP contribution in [0.5, 0.6) is 11.5 Å². The molecule has 6 nitrogen and oxygen atoms in total. The Morgan fingerprint density at radius 2 is 1.93 bits per heavy atom. The maximum absolute atomic E-state index is 12.6. The number of phenolic OH excluding ortho intramolecular Hbond substituents is 2. The molecule has 3 rings (SSSR count). The predicted molar refractivity (Wildman–Crippen MR) is 103 cm³/mol. The monoisotopic (exact) mass is 365 g/mol. The van der Waals surface area contributed by atoms with Crippen LogP contribution < -0.4 is 5.76 Å². The van der Waals surface area contributed by atoms with Crippen LogP contribution >= 0.6 is 0 Å². The first-order chi connectivity index (χ1) is 12.9. The minimum Gasteiger partial charge on any atom is -0.504 e. The summed E-state index contributed by atoms with van der Waals surface area (Å²) in [5.74, 6) is -1.36. The first-order valence-electron chi connectivity index (χ1n) is 8.37. The lowest BCUT2D eigenvalue weighted by Gasteiger charge is -2.01. The molecule has 0 bridgehead atoms. The van der Waals surface area contributed by atoms with Crippen molar-refractivity contribution in [3.05, 3.63) is 75.8 Å². The highest BCUT2D eigenvalue weighted by Gasteiger charge is 2.15. The number of aromatic nitrogens is 1. The smallest absolute Gasteiger partial charge is 0.420 e. The lowest BCUT2D eigenvalue weighted by atomic mass is 10.1. The SMILES string of the molecule is CC(C)=CCn1c(=O)oc2c(C(=O)/C=C/c3ccc(O)c(O)c3)cccc21. The number of hydrogen-bond donors (Lipinski definition) is 2. The van der Waals surface area contributed by atoms with Gasteiger partial charge in [-0.2, -0.15) is 0 Å². The summed E-state index contributed by atoms with van der Waals surface area (Å²) in [6.45, 7) is 4.25. The Morgan fingerprint density at radius 3 is 2.63 bits per heavy atom. The minimum atomic E-state index is -0.518. The molecule has 0 radical (unpaired) electrons. The fraction of sp³-hybridized carbons (Fsp3) is 0.143. The van der Waals surface area contributed by atoms with Gasteiger partial charge in [0.25, 0.3) is 0 Å². The molecule has 138 valence electrons. The van der Waals surface area contributed by atoms with Crippen molar-refractivity contribution in [2.45, 2.75) is 20.4 Å². The maximum Gasteiger partial charge on any atom is 0.420 e. The second kappa shape index (κ2) is 7.37. The number of para-hydroxylation sites is 1. The summed E-state index contributed by atoms with van der Waals surface area (Å²) in [5, 5.41) is 18.9. The lowest BCUT2D eigenvalue weighted by molar-refractivity contribution is 0.104. The van der Waals surface area contributed by atoms with E-state index in [2.05, 4.69) is 0 Å². The molecule has 2 aromatic carbocycles. The fourth-order valence-corrected chi connectivity index (χ4v) is 2.63. The summed E-state index contributed by atoms with van der Waals surface area (Å²) in [5.41, 5.74) is 2.70. The van der Waals surface area contributed by atoms with Crippen molar-refractivity contribution in [2.24, 2.45) is 0 Å². The molecule has 2 N–H and O–H groups in total. The Bertz CT molecular complexity index is 1130. The van der Waals surface area contributed by atoms with E-state index in [4.69, 9.17) is 4.42 Å². The molecule has 1 aromatic heterocycles. The van der Waals surface area contributed by atoms with Gasteiger partial charge in [0.15, 0.2) is 22.9 Å². The van der Waals surface area contributed by atoms with E-state index in [9.17, 15) is 19.8 Å². The molecule has 1 heterocycles. The number of rotatable bonds is 5. The van der Waals surface area contributed by atoms with Gasteiger partial charge in [-0.05, 0) is 49.8 Å². The molecular weight excluding hydrogens is 346 g/mol. The van der Waals surface area contributed by atoms with Crippen molar-refractivity contribution in [1.82, 2.24) is 4.57 Å². The summed E-state index contributed by atoms with van der Waals surface area (Å²) in [4.78, 5) is 24.7. The average Bonchev–Trinajstić information content (AvgIpc) is 2.95. The number of carbonyl (C=O) groups is 1. The highest BCUT2D eigenvalue weighted by molar-refractivity contribution is 6.13. The number of allylic oxidation sites excluding steroid dienone is 3. The van der Waals surface area contributed by atoms with Gasteiger partial charge in [0, 0.05) is 6.54 Å². The molecule has 0 fully saturated rings. The maximum atomic E-state index is 12.6. The van der Waals surface area contributed by atoms with Crippen LogP contribution in [0.3, 0.4) is 0 Å². The van der Waals surface area contributed by atoms with Crippen LogP contribution in [0, 0.1) is 0 Å². The Balaban J connectivity index is 1.96. The summed E-state index contributed by atoms with van der Waals surface area (Å²) in [6, 6.07) is 9.27. The zero-order valence-electron chi connectivity index (χ0n) is 15.0. The summed E-state index contributed by atoms with van der Waals surface area (Å²) in [6.07, 6.45) is 4.74. The molecule has 0 saturated heterocycles. The van der Waals surface area contributed by atoms with Crippen LogP contribution in [0.25, 0.3) is 17.2 Å². The Kier molecular flexibility index (Phi) is 4.98. The van der Waals surface area contributed by atoms with E-state index in [0.29, 0.717) is 17.6 Å². The van der Waals surface area contributed by atoms with Crippen molar-refractivity contribution in [3.8, 4) is 11.5 Å². The molecule has 0 atom stereocenters. The van der Waals surface area contributed by atoms with Gasteiger partial charge in [-0.25, -0.2) is 4.79 Å². The number of nitrogens with zero attached hydrogens (tertiary/aromatic N) is 1. The molecule has 0 aliphatic carbocycles. The molecule has 0 saturated carbocycles. The van der Waals surface area contributed by atoms with Gasteiger partial charge in [-0.3, -0.25) is 9.36 Å². The van der Waals surface area contributed by atoms with Crippen molar-refractivity contribution in [2.75, 3.05) is 0 Å². The zero-order valence-corrected chi connectivity index (χ0v) is 15.0. The lowest BCUT2D eigenvalue weighted by Crippen LogP contribution is -2.12. The number of aromatic hydroxyl groups is 2. The summed E-state index contributed by atoms with van der Waals surface area (Å²) >= 11 is 0. The third kappa shape index (κ3) is 3.84. The number of phenols is 2. The van der Waals surface area contributed by atoms with E-state index in [-0.39, 0.29) is 28.4 Å². The second-order valence-electron chi connectivity index (χ2n) is 6.36. The van der Waals surface area contributed by atoms with Crippen molar-refractivity contribution < 1.29 is 19.4 Å². The van der Waals surface area contributed by atoms with E-state index < -0.39 is 5.76 Å². The third-order valence-electron chi connectivity index (χ3n) is 4.07. The van der Waals surface area contributed by atoms with E-state index in [1.54, 1.807) is 24.3 Å². The van der Waals surface area contributed by atoms with Crippen LogP contribution in [0.2, 0.25) is 0 Å². The average molecular weight is 365 g/mol. The van der Waals surface area contributed by atoms with Crippen molar-refractivity contribution in [3.63, 3.8) is 0 Å². The number of oxazole rings is 1. The molecule has 0 spiro atoms. The molecule has 0 amide bonds. The van der Waals surface area contributed by atoms with Gasteiger partial charge >= 0.3 is 5.76 Å². The topological polar surface area (TPSA) is 92.7 Å². The van der Waals surface area contributed by atoms with Crippen LogP contribution in [-0.4, -0.2) is 20.6 Å². The number of benzene rings is 2. The quantitative estimate of drug-likeness (QED) is 0.310. The summed E-state index contributed by atoms with van der Waals surface area (Å²) in [7, 11) is 0. The number of fused-ring (bicyclic) bond motifs is 1. The molecule has 0 aliphatic rings.